The number of aromatic nitrogens is 3. The highest BCUT2D eigenvalue weighted by Crippen LogP contribution is 2.40. The molecule has 3 aromatic heterocycles. The number of rotatable bonds is 5. The van der Waals surface area contributed by atoms with Crippen molar-refractivity contribution < 1.29 is 0 Å². The van der Waals surface area contributed by atoms with Crippen LogP contribution in [0.5, 0.6) is 0 Å². The molecular formula is C52H26N8. The zero-order chi connectivity index (χ0) is 40.9. The molecule has 0 N–H and O–H groups in total. The van der Waals surface area contributed by atoms with E-state index in [2.05, 4.69) is 94.1 Å². The van der Waals surface area contributed by atoms with Crippen LogP contribution in [0.1, 0.15) is 27.8 Å². The van der Waals surface area contributed by atoms with Crippen molar-refractivity contribution in [3.05, 3.63) is 186 Å². The lowest BCUT2D eigenvalue weighted by Gasteiger charge is -2.17. The Kier molecular flexibility index (Phi) is 8.23. The molecule has 8 heteroatoms. The molecule has 0 aliphatic heterocycles. The topological polar surface area (TPSA) is 142 Å². The van der Waals surface area contributed by atoms with Gasteiger partial charge in [-0.2, -0.15) is 26.3 Å². The molecule has 0 saturated carbocycles. The molecule has 0 atom stereocenters. The van der Waals surface area contributed by atoms with Crippen LogP contribution >= 0.6 is 0 Å². The number of nitriles is 5. The van der Waals surface area contributed by atoms with Crippen LogP contribution in [0.15, 0.2) is 158 Å². The van der Waals surface area contributed by atoms with Gasteiger partial charge in [0.1, 0.15) is 5.82 Å². The van der Waals surface area contributed by atoms with Crippen molar-refractivity contribution in [2.45, 2.75) is 0 Å². The third-order valence-electron chi connectivity index (χ3n) is 11.0. The Labute approximate surface area is 343 Å². The monoisotopic (exact) mass is 762 g/mol. The molecule has 0 aliphatic rings. The summed E-state index contributed by atoms with van der Waals surface area (Å²) in [5.74, 6) is 0.682. The van der Waals surface area contributed by atoms with E-state index in [1.807, 2.05) is 60.8 Å². The van der Waals surface area contributed by atoms with Crippen molar-refractivity contribution in [1.82, 2.24) is 14.1 Å². The lowest BCUT2D eigenvalue weighted by atomic mass is 9.99. The van der Waals surface area contributed by atoms with E-state index in [0.717, 1.165) is 82.7 Å². The number of hydrogen-bond donors (Lipinski definition) is 0. The van der Waals surface area contributed by atoms with Gasteiger partial charge in [0.2, 0.25) is 0 Å². The Hall–Kier alpha value is -9.26. The fourth-order valence-electron chi connectivity index (χ4n) is 8.38. The van der Waals surface area contributed by atoms with Crippen LogP contribution in [0.2, 0.25) is 0 Å². The Bertz CT molecular complexity index is 3620. The fraction of sp³-hybridized carbons (Fsp3) is 0. The van der Waals surface area contributed by atoms with Crippen LogP contribution in [0.3, 0.4) is 0 Å². The minimum Gasteiger partial charge on any atom is -0.307 e. The first-order valence-corrected chi connectivity index (χ1v) is 19.0. The second-order valence-corrected chi connectivity index (χ2v) is 14.5. The van der Waals surface area contributed by atoms with Crippen molar-refractivity contribution in [3.8, 4) is 75.2 Å². The van der Waals surface area contributed by atoms with Gasteiger partial charge in [-0.25, -0.2) is 4.98 Å². The van der Waals surface area contributed by atoms with E-state index in [9.17, 15) is 26.3 Å². The van der Waals surface area contributed by atoms with Gasteiger partial charge >= 0.3 is 0 Å². The zero-order valence-corrected chi connectivity index (χ0v) is 31.6. The third kappa shape index (κ3) is 5.69. The first-order chi connectivity index (χ1) is 29.5. The van der Waals surface area contributed by atoms with E-state index < -0.39 is 0 Å². The van der Waals surface area contributed by atoms with E-state index in [0.29, 0.717) is 33.6 Å². The first kappa shape index (κ1) is 35.2. The molecule has 274 valence electrons. The molecule has 10 rings (SSSR count). The van der Waals surface area contributed by atoms with Gasteiger partial charge in [-0.15, -0.1) is 0 Å². The first-order valence-electron chi connectivity index (χ1n) is 19.0. The second-order valence-electron chi connectivity index (χ2n) is 14.5. The number of benzene rings is 7. The quantitative estimate of drug-likeness (QED) is 0.171. The highest BCUT2D eigenvalue weighted by Gasteiger charge is 2.21. The van der Waals surface area contributed by atoms with Crippen LogP contribution in [0.25, 0.3) is 88.5 Å². The molecule has 60 heavy (non-hydrogen) atoms. The maximum Gasteiger partial charge on any atom is 0.138 e. The summed E-state index contributed by atoms with van der Waals surface area (Å²) in [6, 6.07) is 59.8. The molecule has 0 bridgehead atoms. The van der Waals surface area contributed by atoms with Crippen LogP contribution in [0.4, 0.5) is 0 Å². The third-order valence-corrected chi connectivity index (χ3v) is 11.0. The summed E-state index contributed by atoms with van der Waals surface area (Å²) in [5, 5.41) is 52.7. The van der Waals surface area contributed by atoms with Gasteiger partial charge in [0.05, 0.1) is 92.1 Å². The number of pyridine rings is 1. The van der Waals surface area contributed by atoms with E-state index in [-0.39, 0.29) is 0 Å². The van der Waals surface area contributed by atoms with Crippen molar-refractivity contribution in [2.75, 3.05) is 0 Å². The molecule has 7 aromatic carbocycles. The summed E-state index contributed by atoms with van der Waals surface area (Å²) in [6.07, 6.45) is 1.89. The molecule has 0 amide bonds. The van der Waals surface area contributed by atoms with Gasteiger partial charge in [0.25, 0.3) is 0 Å². The minimum absolute atomic E-state index is 0.422. The summed E-state index contributed by atoms with van der Waals surface area (Å²) in [5.41, 5.74) is 11.9. The van der Waals surface area contributed by atoms with Gasteiger partial charge in [-0.1, -0.05) is 60.7 Å². The molecule has 3 heterocycles. The van der Waals surface area contributed by atoms with E-state index in [4.69, 9.17) is 4.98 Å². The summed E-state index contributed by atoms with van der Waals surface area (Å²) < 4.78 is 4.35. The van der Waals surface area contributed by atoms with Crippen molar-refractivity contribution in [2.24, 2.45) is 0 Å². The maximum absolute atomic E-state index is 10.00. The smallest absolute Gasteiger partial charge is 0.138 e. The molecule has 0 aliphatic carbocycles. The standard InChI is InChI=1S/C52H26N8/c53-26-32-6-5-7-39(18-32)44-25-52(60-48-11-4-2-9-43(48)46-24-38(13-15-50(46)60)41-21-35(29-56)17-36(22-41)30-57)58-31-51(44)59-47-10-3-1-8-42(47)45-23-37(12-14-49(45)59)40-19-33(27-54)16-34(20-40)28-55/h1-25,31H. The van der Waals surface area contributed by atoms with E-state index >= 15 is 0 Å². The minimum atomic E-state index is 0.422. The van der Waals surface area contributed by atoms with Crippen molar-refractivity contribution >= 4 is 43.6 Å². The molecular weight excluding hydrogens is 737 g/mol. The van der Waals surface area contributed by atoms with Crippen LogP contribution in [0, 0.1) is 56.7 Å². The van der Waals surface area contributed by atoms with Crippen LogP contribution in [-0.4, -0.2) is 14.1 Å². The fourth-order valence-corrected chi connectivity index (χ4v) is 8.38. The summed E-state index contributed by atoms with van der Waals surface area (Å²) >= 11 is 0. The van der Waals surface area contributed by atoms with Crippen molar-refractivity contribution in [1.29, 1.82) is 26.3 Å². The lowest BCUT2D eigenvalue weighted by Crippen LogP contribution is -2.03. The molecule has 0 saturated heterocycles. The van der Waals surface area contributed by atoms with Gasteiger partial charge in [-0.05, 0) is 119 Å². The number of para-hydroxylation sites is 2. The zero-order valence-electron chi connectivity index (χ0n) is 31.6. The average molecular weight is 763 g/mol. The maximum atomic E-state index is 10.00. The number of nitrogens with zero attached hydrogens (tertiary/aromatic N) is 8. The normalized spacial score (nSPS) is 10.9. The molecule has 8 nitrogen and oxygen atoms in total. The van der Waals surface area contributed by atoms with E-state index in [1.54, 1.807) is 42.5 Å². The highest BCUT2D eigenvalue weighted by atomic mass is 15.1. The van der Waals surface area contributed by atoms with E-state index in [1.165, 1.54) is 0 Å². The second kappa shape index (κ2) is 14.0. The van der Waals surface area contributed by atoms with Gasteiger partial charge in [-0.3, -0.25) is 4.57 Å². The van der Waals surface area contributed by atoms with Gasteiger partial charge < -0.3 is 4.57 Å². The predicted molar refractivity (Wildman–Crippen MR) is 233 cm³/mol. The Morgan fingerprint density at radius 3 is 1.35 bits per heavy atom. The Morgan fingerprint density at radius 2 is 0.817 bits per heavy atom. The van der Waals surface area contributed by atoms with Crippen LogP contribution in [-0.2, 0) is 0 Å². The molecule has 0 radical (unpaired) electrons. The van der Waals surface area contributed by atoms with Crippen LogP contribution < -0.4 is 0 Å². The molecule has 0 fully saturated rings. The number of hydrogen-bond acceptors (Lipinski definition) is 6. The Morgan fingerprint density at radius 1 is 0.350 bits per heavy atom. The average Bonchev–Trinajstić information content (AvgIpc) is 3.83. The molecule has 0 spiro atoms. The largest absolute Gasteiger partial charge is 0.307 e. The number of fused-ring (bicyclic) bond motifs is 6. The lowest BCUT2D eigenvalue weighted by molar-refractivity contribution is 1.06. The summed E-state index contributed by atoms with van der Waals surface area (Å²) in [4.78, 5) is 5.19. The SMILES string of the molecule is N#Cc1cc(C#N)cc(-c2ccc3c(c2)c2ccccc2n3-c2cc(-c3cccc(C#N)c3)c(-n3c4ccccc4c4cc(-c5cc(C#N)cc(C#N)c5)ccc43)cn2)c1. The Balaban J connectivity index is 1.21. The summed E-state index contributed by atoms with van der Waals surface area (Å²) in [7, 11) is 0. The van der Waals surface area contributed by atoms with Gasteiger partial charge in [0, 0.05) is 27.1 Å². The highest BCUT2D eigenvalue weighted by molar-refractivity contribution is 6.12. The summed E-state index contributed by atoms with van der Waals surface area (Å²) in [6.45, 7) is 0. The van der Waals surface area contributed by atoms with Gasteiger partial charge in [0.15, 0.2) is 0 Å². The van der Waals surface area contributed by atoms with Crippen molar-refractivity contribution in [3.63, 3.8) is 0 Å². The molecule has 0 unspecified atom stereocenters. The predicted octanol–water partition coefficient (Wildman–Crippen LogP) is 11.6. The molecule has 10 aromatic rings.